The average molecular weight is 515 g/mol. The maximum atomic E-state index is 13.0. The van der Waals surface area contributed by atoms with Gasteiger partial charge < -0.3 is 28.5 Å². The molecule has 2 aliphatic heterocycles. The van der Waals surface area contributed by atoms with Crippen LogP contribution >= 0.6 is 0 Å². The van der Waals surface area contributed by atoms with Crippen molar-refractivity contribution in [2.45, 2.75) is 90.3 Å². The van der Waals surface area contributed by atoms with E-state index in [0.717, 1.165) is 12.0 Å². The lowest BCUT2D eigenvalue weighted by atomic mass is 9.40. The van der Waals surface area contributed by atoms with Crippen molar-refractivity contribution in [3.05, 3.63) is 35.3 Å². The van der Waals surface area contributed by atoms with E-state index in [4.69, 9.17) is 23.4 Å². The molecule has 8 heteroatoms. The molecule has 4 fully saturated rings. The summed E-state index contributed by atoms with van der Waals surface area (Å²) in [5.74, 6) is -0.935. The molecule has 3 aliphatic carbocycles. The number of esters is 2. The Morgan fingerprint density at radius 1 is 1.22 bits per heavy atom. The monoisotopic (exact) mass is 514 g/mol. The first-order chi connectivity index (χ1) is 17.5. The van der Waals surface area contributed by atoms with Gasteiger partial charge in [-0.3, -0.25) is 9.59 Å². The molecule has 2 saturated heterocycles. The fraction of sp³-hybridized carbons (Fsp3) is 0.724. The van der Waals surface area contributed by atoms with Gasteiger partial charge in [-0.05, 0) is 36.5 Å². The van der Waals surface area contributed by atoms with E-state index in [1.54, 1.807) is 12.5 Å². The molecule has 37 heavy (non-hydrogen) atoms. The predicted molar refractivity (Wildman–Crippen MR) is 131 cm³/mol. The number of aliphatic hydroxyl groups is 1. The summed E-state index contributed by atoms with van der Waals surface area (Å²) >= 11 is 0. The summed E-state index contributed by atoms with van der Waals surface area (Å²) < 4.78 is 30.1. The van der Waals surface area contributed by atoms with Gasteiger partial charge in [-0.15, -0.1) is 0 Å². The smallest absolute Gasteiger partial charge is 0.305 e. The molecular weight excluding hydrogens is 476 g/mol. The van der Waals surface area contributed by atoms with Gasteiger partial charge in [0.05, 0.1) is 50.7 Å². The van der Waals surface area contributed by atoms with Crippen molar-refractivity contribution in [1.82, 2.24) is 0 Å². The first-order valence-corrected chi connectivity index (χ1v) is 13.4. The Morgan fingerprint density at radius 3 is 2.62 bits per heavy atom. The number of allylic oxidation sites excluding steroid dienone is 1. The largest absolute Gasteiger partial charge is 0.472 e. The van der Waals surface area contributed by atoms with E-state index in [1.807, 2.05) is 6.07 Å². The average Bonchev–Trinajstić information content (AvgIpc) is 3.60. The number of ether oxygens (including phenoxy) is 4. The molecule has 0 spiro atoms. The molecule has 202 valence electrons. The predicted octanol–water partition coefficient (Wildman–Crippen LogP) is 3.77. The van der Waals surface area contributed by atoms with Crippen LogP contribution in [0.15, 0.2) is 34.2 Å². The summed E-state index contributed by atoms with van der Waals surface area (Å²) in [7, 11) is 1.41. The minimum absolute atomic E-state index is 0.105. The number of hydrogen-bond donors (Lipinski definition) is 1. The van der Waals surface area contributed by atoms with Gasteiger partial charge in [0, 0.05) is 47.8 Å². The number of rotatable bonds is 4. The van der Waals surface area contributed by atoms with Crippen LogP contribution in [0.1, 0.15) is 65.4 Å². The highest BCUT2D eigenvalue weighted by Crippen LogP contribution is 2.73. The zero-order valence-electron chi connectivity index (χ0n) is 22.5. The summed E-state index contributed by atoms with van der Waals surface area (Å²) in [6, 6.07) is 2.00. The van der Waals surface area contributed by atoms with Gasteiger partial charge in [-0.1, -0.05) is 26.3 Å². The van der Waals surface area contributed by atoms with Crippen LogP contribution in [-0.2, 0) is 28.5 Å². The Hall–Kier alpha value is -2.16. The second-order valence-electron chi connectivity index (χ2n) is 12.6. The third-order valence-corrected chi connectivity index (χ3v) is 11.0. The van der Waals surface area contributed by atoms with E-state index < -0.39 is 34.4 Å². The Morgan fingerprint density at radius 2 is 1.97 bits per heavy atom. The van der Waals surface area contributed by atoms with Gasteiger partial charge in [0.2, 0.25) is 0 Å². The standard InChI is InChI=1S/C29H38O8/c1-14-17(16-7-8-34-12-16)9-18-23(14)29(5)19(10-22(32)33-6)28(4)21(36-15(2)30)11-20(31)27(3)13-35-24(25(27)28)26(29)37-18/h7-8,12,17-21,24-26,31H,9-11,13H2,1-6H3/t17-,18-,19-,20-,21+,24-,25+,26-,27-,28+,29-/m1/s1. The van der Waals surface area contributed by atoms with E-state index in [2.05, 4.69) is 27.7 Å². The van der Waals surface area contributed by atoms with Crippen molar-refractivity contribution in [3.63, 3.8) is 0 Å². The number of carbonyl (C=O) groups excluding carboxylic acids is 2. The van der Waals surface area contributed by atoms with Gasteiger partial charge >= 0.3 is 11.9 Å². The van der Waals surface area contributed by atoms with Gasteiger partial charge in [-0.2, -0.15) is 0 Å². The number of methoxy groups -OCH3 is 1. The van der Waals surface area contributed by atoms with Crippen LogP contribution < -0.4 is 0 Å². The molecule has 0 unspecified atom stereocenters. The Bertz CT molecular complexity index is 1140. The minimum atomic E-state index is -0.699. The maximum absolute atomic E-state index is 13.0. The van der Waals surface area contributed by atoms with Crippen LogP contribution in [0.4, 0.5) is 0 Å². The molecule has 3 heterocycles. The Balaban J connectivity index is 1.56. The third kappa shape index (κ3) is 3.12. The second-order valence-corrected chi connectivity index (χ2v) is 12.6. The number of carbonyl (C=O) groups is 2. The molecule has 11 atom stereocenters. The van der Waals surface area contributed by atoms with Gasteiger partial charge in [0.25, 0.3) is 0 Å². The van der Waals surface area contributed by atoms with Gasteiger partial charge in [0.15, 0.2) is 0 Å². The fourth-order valence-electron chi connectivity index (χ4n) is 9.52. The molecule has 1 N–H and O–H groups in total. The van der Waals surface area contributed by atoms with Gasteiger partial charge in [-0.25, -0.2) is 0 Å². The number of aliphatic hydroxyl groups excluding tert-OH is 1. The molecule has 0 aromatic carbocycles. The lowest BCUT2D eigenvalue weighted by molar-refractivity contribution is -0.248. The van der Waals surface area contributed by atoms with Crippen molar-refractivity contribution >= 4 is 11.9 Å². The highest BCUT2D eigenvalue weighted by atomic mass is 16.6. The Kier molecular flexibility index (Phi) is 5.55. The summed E-state index contributed by atoms with van der Waals surface area (Å²) in [6.45, 7) is 10.4. The first kappa shape index (κ1) is 25.1. The molecule has 0 amide bonds. The Labute approximate surface area is 217 Å². The van der Waals surface area contributed by atoms with E-state index in [1.165, 1.54) is 25.2 Å². The number of hydrogen-bond acceptors (Lipinski definition) is 8. The summed E-state index contributed by atoms with van der Waals surface area (Å²) in [5.41, 5.74) is 1.84. The lowest BCUT2D eigenvalue weighted by Gasteiger charge is -2.65. The molecular formula is C29H38O8. The lowest BCUT2D eigenvalue weighted by Crippen LogP contribution is -2.70. The SMILES string of the molecule is COC(=O)C[C@H]1[C@]2(C)C3=C(C)[C@H](c4ccoc4)C[C@H]3O[C@@H]2[C@@H]2OC[C@]3(C)[C@H](O)C[C@H](OC(C)=O)[C@@]1(C)[C@@H]23. The summed E-state index contributed by atoms with van der Waals surface area (Å²) in [4.78, 5) is 25.3. The first-order valence-electron chi connectivity index (χ1n) is 13.4. The zero-order chi connectivity index (χ0) is 26.5. The van der Waals surface area contributed by atoms with Crippen LogP contribution in [0.25, 0.3) is 0 Å². The molecule has 1 aromatic heterocycles. The third-order valence-electron chi connectivity index (χ3n) is 11.0. The van der Waals surface area contributed by atoms with Crippen LogP contribution in [0.2, 0.25) is 0 Å². The molecule has 1 aromatic rings. The highest BCUT2D eigenvalue weighted by Gasteiger charge is 2.77. The van der Waals surface area contributed by atoms with Crippen LogP contribution in [-0.4, -0.2) is 61.3 Å². The summed E-state index contributed by atoms with van der Waals surface area (Å²) in [6.07, 6.45) is 2.81. The van der Waals surface area contributed by atoms with Crippen molar-refractivity contribution in [3.8, 4) is 0 Å². The summed E-state index contributed by atoms with van der Waals surface area (Å²) in [5, 5.41) is 11.3. The quantitative estimate of drug-likeness (QED) is 0.478. The van der Waals surface area contributed by atoms with Crippen molar-refractivity contribution < 1.29 is 38.1 Å². The topological polar surface area (TPSA) is 104 Å². The molecule has 8 nitrogen and oxygen atoms in total. The van der Waals surface area contributed by atoms with Gasteiger partial charge in [0.1, 0.15) is 6.10 Å². The van der Waals surface area contributed by atoms with Crippen LogP contribution in [0.3, 0.4) is 0 Å². The molecule has 2 saturated carbocycles. The van der Waals surface area contributed by atoms with Crippen LogP contribution in [0.5, 0.6) is 0 Å². The van der Waals surface area contributed by atoms with Crippen molar-refractivity contribution in [1.29, 1.82) is 0 Å². The second kappa shape index (κ2) is 8.17. The minimum Gasteiger partial charge on any atom is -0.472 e. The van der Waals surface area contributed by atoms with E-state index in [0.29, 0.717) is 13.0 Å². The van der Waals surface area contributed by atoms with E-state index in [9.17, 15) is 14.7 Å². The molecule has 0 bridgehead atoms. The van der Waals surface area contributed by atoms with E-state index >= 15 is 0 Å². The molecule has 0 radical (unpaired) electrons. The van der Waals surface area contributed by atoms with Crippen LogP contribution in [0, 0.1) is 28.1 Å². The normalized spacial score (nSPS) is 47.9. The maximum Gasteiger partial charge on any atom is 0.305 e. The zero-order valence-corrected chi connectivity index (χ0v) is 22.5. The van der Waals surface area contributed by atoms with Crippen molar-refractivity contribution in [2.75, 3.05) is 13.7 Å². The highest BCUT2D eigenvalue weighted by molar-refractivity contribution is 5.70. The fourth-order valence-corrected chi connectivity index (χ4v) is 9.52. The number of furan rings is 1. The van der Waals surface area contributed by atoms with Crippen molar-refractivity contribution in [2.24, 2.45) is 28.1 Å². The molecule has 5 aliphatic rings. The number of fused-ring (bicyclic) bond motifs is 4. The van der Waals surface area contributed by atoms with E-state index in [-0.39, 0.29) is 48.5 Å². The molecule has 6 rings (SSSR count).